The van der Waals surface area contributed by atoms with Crippen LogP contribution in [0.2, 0.25) is 4.34 Å². The molecule has 0 amide bonds. The molecule has 2 N–H and O–H groups in total. The van der Waals surface area contributed by atoms with Gasteiger partial charge in [-0.2, -0.15) is 0 Å². The summed E-state index contributed by atoms with van der Waals surface area (Å²) in [4.78, 5) is 0. The van der Waals surface area contributed by atoms with E-state index in [1.165, 1.54) is 6.07 Å². The van der Waals surface area contributed by atoms with Gasteiger partial charge in [0.05, 0.1) is 10.4 Å². The molecule has 7 heteroatoms. The smallest absolute Gasteiger partial charge is 0.250 e. The van der Waals surface area contributed by atoms with E-state index in [1.807, 2.05) is 42.5 Å². The maximum Gasteiger partial charge on any atom is 0.250 e. The lowest BCUT2D eigenvalue weighted by molar-refractivity contribution is 0.170. The summed E-state index contributed by atoms with van der Waals surface area (Å²) < 4.78 is 27.4. The van der Waals surface area contributed by atoms with Gasteiger partial charge in [0.1, 0.15) is 4.21 Å². The summed E-state index contributed by atoms with van der Waals surface area (Å²) in [6, 6.07) is 16.5. The highest BCUT2D eigenvalue weighted by Crippen LogP contribution is 2.27. The molecule has 0 aliphatic carbocycles. The van der Waals surface area contributed by atoms with Crippen molar-refractivity contribution >= 4 is 43.7 Å². The van der Waals surface area contributed by atoms with Crippen molar-refractivity contribution in [2.24, 2.45) is 0 Å². The molecule has 1 atom stereocenters. The molecule has 0 spiro atoms. The lowest BCUT2D eigenvalue weighted by Crippen LogP contribution is -2.25. The molecule has 1 heterocycles. The molecule has 24 heavy (non-hydrogen) atoms. The van der Waals surface area contributed by atoms with Gasteiger partial charge in [-0.3, -0.25) is 0 Å². The number of halogens is 1. The predicted molar refractivity (Wildman–Crippen MR) is 98.0 cm³/mol. The summed E-state index contributed by atoms with van der Waals surface area (Å²) in [5.74, 6) is 0. The van der Waals surface area contributed by atoms with Gasteiger partial charge in [0.15, 0.2) is 0 Å². The Morgan fingerprint density at radius 1 is 1.08 bits per heavy atom. The molecule has 0 saturated heterocycles. The number of sulfonamides is 1. The van der Waals surface area contributed by atoms with Gasteiger partial charge in [-0.05, 0) is 34.9 Å². The van der Waals surface area contributed by atoms with E-state index < -0.39 is 16.1 Å². The second-order valence-corrected chi connectivity index (χ2v) is 9.04. The van der Waals surface area contributed by atoms with Crippen molar-refractivity contribution < 1.29 is 13.5 Å². The minimum absolute atomic E-state index is 0.141. The zero-order valence-electron chi connectivity index (χ0n) is 12.6. The van der Waals surface area contributed by atoms with Crippen molar-refractivity contribution in [3.63, 3.8) is 0 Å². The molecule has 1 unspecified atom stereocenters. The van der Waals surface area contributed by atoms with Gasteiger partial charge < -0.3 is 5.11 Å². The Morgan fingerprint density at radius 3 is 2.58 bits per heavy atom. The van der Waals surface area contributed by atoms with E-state index >= 15 is 0 Å². The van der Waals surface area contributed by atoms with Crippen LogP contribution in [-0.2, 0) is 10.0 Å². The molecular formula is C17H16ClNO3S2. The second-order valence-electron chi connectivity index (χ2n) is 5.33. The number of fused-ring (bicyclic) bond motifs is 1. The molecule has 126 valence electrons. The van der Waals surface area contributed by atoms with E-state index in [-0.39, 0.29) is 17.2 Å². The van der Waals surface area contributed by atoms with Gasteiger partial charge in [-0.1, -0.05) is 54.1 Å². The Morgan fingerprint density at radius 2 is 1.83 bits per heavy atom. The van der Waals surface area contributed by atoms with Crippen LogP contribution in [0.4, 0.5) is 0 Å². The van der Waals surface area contributed by atoms with Crippen molar-refractivity contribution in [1.29, 1.82) is 0 Å². The van der Waals surface area contributed by atoms with Gasteiger partial charge in [0.2, 0.25) is 10.0 Å². The average molecular weight is 382 g/mol. The first-order valence-electron chi connectivity index (χ1n) is 7.38. The number of nitrogens with one attached hydrogen (secondary N) is 1. The molecule has 1 aromatic heterocycles. The molecule has 3 rings (SSSR count). The van der Waals surface area contributed by atoms with Crippen molar-refractivity contribution in [3.8, 4) is 0 Å². The fourth-order valence-corrected chi connectivity index (χ4v) is 5.11. The van der Waals surface area contributed by atoms with Gasteiger partial charge >= 0.3 is 0 Å². The number of hydrogen-bond acceptors (Lipinski definition) is 4. The first-order chi connectivity index (χ1) is 11.5. The summed E-state index contributed by atoms with van der Waals surface area (Å²) in [5.41, 5.74) is 0.798. The van der Waals surface area contributed by atoms with E-state index in [9.17, 15) is 13.5 Å². The molecular weight excluding hydrogens is 366 g/mol. The fraction of sp³-hybridized carbons (Fsp3) is 0.176. The molecule has 0 saturated carbocycles. The number of aliphatic hydroxyl groups excluding tert-OH is 1. The first-order valence-corrected chi connectivity index (χ1v) is 10.1. The van der Waals surface area contributed by atoms with Crippen LogP contribution in [0.3, 0.4) is 0 Å². The number of rotatable bonds is 6. The van der Waals surface area contributed by atoms with Crippen molar-refractivity contribution in [2.75, 3.05) is 6.54 Å². The zero-order valence-corrected chi connectivity index (χ0v) is 15.0. The molecule has 0 aliphatic rings. The van der Waals surface area contributed by atoms with E-state index in [0.29, 0.717) is 4.34 Å². The molecule has 4 nitrogen and oxygen atoms in total. The molecule has 0 bridgehead atoms. The Bertz CT molecular complexity index is 948. The summed E-state index contributed by atoms with van der Waals surface area (Å²) in [6.45, 7) is 0.141. The standard InChI is InChI=1S/C17H16ClNO3S2/c18-16-8-9-17(23-16)24(21,22)19-11-10-15(20)14-7-3-5-12-4-1-2-6-13(12)14/h1-9,15,19-20H,10-11H2. The second kappa shape index (κ2) is 7.21. The van der Waals surface area contributed by atoms with Crippen LogP contribution in [-0.4, -0.2) is 20.1 Å². The van der Waals surface area contributed by atoms with Crippen molar-refractivity contribution in [3.05, 3.63) is 64.5 Å². The van der Waals surface area contributed by atoms with Crippen molar-refractivity contribution in [2.45, 2.75) is 16.7 Å². The van der Waals surface area contributed by atoms with Crippen LogP contribution in [0, 0.1) is 0 Å². The third kappa shape index (κ3) is 3.79. The lowest BCUT2D eigenvalue weighted by atomic mass is 9.99. The average Bonchev–Trinajstić information content (AvgIpc) is 3.01. The normalized spacial score (nSPS) is 13.2. The van der Waals surface area contributed by atoms with Crippen molar-refractivity contribution in [1.82, 2.24) is 4.72 Å². The topological polar surface area (TPSA) is 66.4 Å². The fourth-order valence-electron chi connectivity index (χ4n) is 2.54. The summed E-state index contributed by atoms with van der Waals surface area (Å²) in [5, 5.41) is 12.5. The van der Waals surface area contributed by atoms with Gasteiger partial charge in [-0.15, -0.1) is 11.3 Å². The third-order valence-corrected chi connectivity index (χ3v) is 6.89. The third-order valence-electron chi connectivity index (χ3n) is 3.71. The zero-order chi connectivity index (χ0) is 17.2. The number of thiophene rings is 1. The molecule has 3 aromatic rings. The van der Waals surface area contributed by atoms with Gasteiger partial charge in [0.25, 0.3) is 0 Å². The summed E-state index contributed by atoms with van der Waals surface area (Å²) >= 11 is 6.78. The summed E-state index contributed by atoms with van der Waals surface area (Å²) in [6.07, 6.45) is -0.461. The maximum absolute atomic E-state index is 12.1. The first kappa shape index (κ1) is 17.4. The van der Waals surface area contributed by atoms with Crippen LogP contribution in [0.1, 0.15) is 18.1 Å². The van der Waals surface area contributed by atoms with E-state index in [1.54, 1.807) is 6.07 Å². The number of aliphatic hydroxyl groups is 1. The van der Waals surface area contributed by atoms with E-state index in [0.717, 1.165) is 27.7 Å². The SMILES string of the molecule is O=S(=O)(NCCC(O)c1cccc2ccccc12)c1ccc(Cl)s1. The number of hydrogen-bond donors (Lipinski definition) is 2. The minimum atomic E-state index is -3.59. The van der Waals surface area contributed by atoms with E-state index in [2.05, 4.69) is 4.72 Å². The molecule has 0 aliphatic heterocycles. The predicted octanol–water partition coefficient (Wildman–Crippen LogP) is 3.96. The van der Waals surface area contributed by atoms with Gasteiger partial charge in [-0.25, -0.2) is 13.1 Å². The Labute approximate surface area is 149 Å². The van der Waals surface area contributed by atoms with Crippen LogP contribution >= 0.6 is 22.9 Å². The number of benzene rings is 2. The van der Waals surface area contributed by atoms with Crippen LogP contribution < -0.4 is 4.72 Å². The quantitative estimate of drug-likeness (QED) is 0.679. The van der Waals surface area contributed by atoms with Crippen LogP contribution in [0.15, 0.2) is 58.8 Å². The van der Waals surface area contributed by atoms with Crippen LogP contribution in [0.5, 0.6) is 0 Å². The summed E-state index contributed by atoms with van der Waals surface area (Å²) in [7, 11) is -3.59. The molecule has 0 fully saturated rings. The van der Waals surface area contributed by atoms with Gasteiger partial charge in [0, 0.05) is 6.54 Å². The highest BCUT2D eigenvalue weighted by molar-refractivity contribution is 7.91. The van der Waals surface area contributed by atoms with E-state index in [4.69, 9.17) is 11.6 Å². The Balaban J connectivity index is 1.68. The Kier molecular flexibility index (Phi) is 5.22. The lowest BCUT2D eigenvalue weighted by Gasteiger charge is -2.14. The minimum Gasteiger partial charge on any atom is -0.388 e. The molecule has 2 aromatic carbocycles. The van der Waals surface area contributed by atoms with Crippen LogP contribution in [0.25, 0.3) is 10.8 Å². The molecule has 0 radical (unpaired) electrons. The maximum atomic E-state index is 12.1. The highest BCUT2D eigenvalue weighted by Gasteiger charge is 2.17. The highest BCUT2D eigenvalue weighted by atomic mass is 35.5. The monoisotopic (exact) mass is 381 g/mol. The largest absolute Gasteiger partial charge is 0.388 e. The Hall–Kier alpha value is -1.44.